The third kappa shape index (κ3) is 6.38. The van der Waals surface area contributed by atoms with E-state index in [2.05, 4.69) is 15.4 Å². The number of amides is 1. The van der Waals surface area contributed by atoms with Crippen molar-refractivity contribution in [3.05, 3.63) is 48.5 Å². The molecule has 1 amide bonds. The van der Waals surface area contributed by atoms with E-state index in [0.29, 0.717) is 18.8 Å². The molecule has 2 N–H and O–H groups in total. The smallest absolute Gasteiger partial charge is 0.387 e. The Kier molecular flexibility index (Phi) is 7.80. The lowest BCUT2D eigenvalue weighted by Gasteiger charge is -2.20. The van der Waals surface area contributed by atoms with Crippen LogP contribution in [-0.4, -0.2) is 44.9 Å². The average Bonchev–Trinajstić information content (AvgIpc) is 3.04. The highest BCUT2D eigenvalue weighted by Gasteiger charge is 2.25. The van der Waals surface area contributed by atoms with Crippen molar-refractivity contribution in [2.45, 2.75) is 37.2 Å². The Bertz CT molecular complexity index is 994. The highest BCUT2D eigenvalue weighted by Crippen LogP contribution is 2.26. The molecule has 1 fully saturated rings. The van der Waals surface area contributed by atoms with E-state index < -0.39 is 22.5 Å². The van der Waals surface area contributed by atoms with Crippen molar-refractivity contribution in [2.75, 3.05) is 30.3 Å². The summed E-state index contributed by atoms with van der Waals surface area (Å²) >= 11 is 0. The molecule has 2 aromatic rings. The molecule has 1 aliphatic rings. The van der Waals surface area contributed by atoms with Crippen LogP contribution in [0.15, 0.2) is 53.4 Å². The zero-order chi connectivity index (χ0) is 22.3. The van der Waals surface area contributed by atoms with Crippen LogP contribution in [0.3, 0.4) is 0 Å². The summed E-state index contributed by atoms with van der Waals surface area (Å²) in [5, 5.41) is 5.37. The van der Waals surface area contributed by atoms with Gasteiger partial charge in [0.25, 0.3) is 0 Å². The molecule has 3 rings (SSSR count). The van der Waals surface area contributed by atoms with Crippen molar-refractivity contribution >= 4 is 27.3 Å². The molecule has 1 heterocycles. The first kappa shape index (κ1) is 23.0. The zero-order valence-corrected chi connectivity index (χ0v) is 17.7. The Morgan fingerprint density at radius 2 is 1.74 bits per heavy atom. The van der Waals surface area contributed by atoms with Gasteiger partial charge in [-0.3, -0.25) is 4.79 Å². The molecule has 2 aromatic carbocycles. The van der Waals surface area contributed by atoms with Crippen molar-refractivity contribution in [3.8, 4) is 5.75 Å². The van der Waals surface area contributed by atoms with E-state index in [4.69, 9.17) is 0 Å². The molecule has 168 valence electrons. The van der Waals surface area contributed by atoms with Crippen molar-refractivity contribution in [3.63, 3.8) is 0 Å². The highest BCUT2D eigenvalue weighted by molar-refractivity contribution is 7.89. The number of para-hydroxylation sites is 2. The van der Waals surface area contributed by atoms with Crippen molar-refractivity contribution in [1.29, 1.82) is 0 Å². The summed E-state index contributed by atoms with van der Waals surface area (Å²) in [6, 6.07) is 12.2. The number of anilines is 2. The second-order valence-electron chi connectivity index (χ2n) is 7.12. The van der Waals surface area contributed by atoms with E-state index in [0.717, 1.165) is 25.7 Å². The highest BCUT2D eigenvalue weighted by atomic mass is 32.2. The summed E-state index contributed by atoms with van der Waals surface area (Å²) in [6.45, 7) is -2.19. The first-order chi connectivity index (χ1) is 14.9. The molecule has 0 bridgehead atoms. The Hall–Kier alpha value is -2.72. The van der Waals surface area contributed by atoms with Gasteiger partial charge in [-0.05, 0) is 43.2 Å². The Morgan fingerprint density at radius 3 is 2.45 bits per heavy atom. The molecular weight excluding hydrogens is 428 g/mol. The van der Waals surface area contributed by atoms with Gasteiger partial charge in [0.1, 0.15) is 5.75 Å². The SMILES string of the molecule is O=C(CNc1cccc(S(=O)(=O)N2CCCCCC2)c1)Nc1ccccc1OC(F)F. The van der Waals surface area contributed by atoms with Crippen LogP contribution in [0.4, 0.5) is 20.2 Å². The Labute approximate surface area is 180 Å². The first-order valence-electron chi connectivity index (χ1n) is 10.0. The van der Waals surface area contributed by atoms with Crippen LogP contribution in [0.25, 0.3) is 0 Å². The third-order valence-corrected chi connectivity index (χ3v) is 6.76. The number of carbonyl (C=O) groups is 1. The minimum Gasteiger partial charge on any atom is -0.433 e. The monoisotopic (exact) mass is 453 g/mol. The van der Waals surface area contributed by atoms with Gasteiger partial charge in [0.2, 0.25) is 15.9 Å². The number of hydrogen-bond donors (Lipinski definition) is 2. The summed E-state index contributed by atoms with van der Waals surface area (Å²) in [5.41, 5.74) is 0.579. The molecular formula is C21H25F2N3O4S. The Morgan fingerprint density at radius 1 is 1.03 bits per heavy atom. The quantitative estimate of drug-likeness (QED) is 0.633. The topological polar surface area (TPSA) is 87.7 Å². The van der Waals surface area contributed by atoms with Crippen molar-refractivity contribution < 1.29 is 26.7 Å². The largest absolute Gasteiger partial charge is 0.433 e. The fourth-order valence-corrected chi connectivity index (χ4v) is 4.91. The van der Waals surface area contributed by atoms with Crippen LogP contribution in [0, 0.1) is 0 Å². The molecule has 1 aliphatic heterocycles. The van der Waals surface area contributed by atoms with E-state index in [9.17, 15) is 22.0 Å². The van der Waals surface area contributed by atoms with Crippen molar-refractivity contribution in [1.82, 2.24) is 4.31 Å². The summed E-state index contributed by atoms with van der Waals surface area (Å²) < 4.78 is 56.8. The van der Waals surface area contributed by atoms with Gasteiger partial charge in [0.15, 0.2) is 0 Å². The number of benzene rings is 2. The van der Waals surface area contributed by atoms with Crippen LogP contribution >= 0.6 is 0 Å². The van der Waals surface area contributed by atoms with Gasteiger partial charge in [0.05, 0.1) is 17.1 Å². The number of ether oxygens (including phenoxy) is 1. The van der Waals surface area contributed by atoms with E-state index in [-0.39, 0.29) is 22.9 Å². The molecule has 0 unspecified atom stereocenters. The molecule has 7 nitrogen and oxygen atoms in total. The van der Waals surface area contributed by atoms with Gasteiger partial charge in [-0.2, -0.15) is 13.1 Å². The number of hydrogen-bond acceptors (Lipinski definition) is 5. The summed E-state index contributed by atoms with van der Waals surface area (Å²) in [5.74, 6) is -0.637. The second kappa shape index (κ2) is 10.5. The maximum absolute atomic E-state index is 12.9. The van der Waals surface area contributed by atoms with Crippen molar-refractivity contribution in [2.24, 2.45) is 0 Å². The van der Waals surface area contributed by atoms with E-state index >= 15 is 0 Å². The van der Waals surface area contributed by atoms with Crippen LogP contribution < -0.4 is 15.4 Å². The molecule has 0 spiro atoms. The summed E-state index contributed by atoms with van der Waals surface area (Å²) in [4.78, 5) is 12.4. The second-order valence-corrected chi connectivity index (χ2v) is 9.06. The number of nitrogens with one attached hydrogen (secondary N) is 2. The number of alkyl halides is 2. The van der Waals surface area contributed by atoms with Gasteiger partial charge in [-0.25, -0.2) is 8.42 Å². The molecule has 0 saturated carbocycles. The molecule has 31 heavy (non-hydrogen) atoms. The van der Waals surface area contributed by atoms with Crippen LogP contribution in [0.2, 0.25) is 0 Å². The molecule has 1 saturated heterocycles. The van der Waals surface area contributed by atoms with E-state index in [1.807, 2.05) is 0 Å². The van der Waals surface area contributed by atoms with Gasteiger partial charge >= 0.3 is 6.61 Å². The maximum atomic E-state index is 12.9. The summed E-state index contributed by atoms with van der Waals surface area (Å²) in [6.07, 6.45) is 3.73. The lowest BCUT2D eigenvalue weighted by atomic mass is 10.2. The predicted molar refractivity (Wildman–Crippen MR) is 114 cm³/mol. The number of carbonyl (C=O) groups excluding carboxylic acids is 1. The predicted octanol–water partition coefficient (Wildman–Crippen LogP) is 3.90. The molecule has 10 heteroatoms. The number of nitrogens with zero attached hydrogens (tertiary/aromatic N) is 1. The number of sulfonamides is 1. The number of rotatable bonds is 8. The van der Waals surface area contributed by atoms with E-state index in [1.165, 1.54) is 34.6 Å². The van der Waals surface area contributed by atoms with Gasteiger partial charge in [-0.15, -0.1) is 0 Å². The lowest BCUT2D eigenvalue weighted by Crippen LogP contribution is -2.32. The molecule has 0 aromatic heterocycles. The van der Waals surface area contributed by atoms with Crippen LogP contribution in [0.5, 0.6) is 5.75 Å². The van der Waals surface area contributed by atoms with Crippen LogP contribution in [-0.2, 0) is 14.8 Å². The lowest BCUT2D eigenvalue weighted by molar-refractivity contribution is -0.114. The minimum atomic E-state index is -3.61. The fourth-order valence-electron chi connectivity index (χ4n) is 3.34. The zero-order valence-electron chi connectivity index (χ0n) is 16.9. The van der Waals surface area contributed by atoms with Crippen LogP contribution in [0.1, 0.15) is 25.7 Å². The Balaban J connectivity index is 1.63. The normalized spacial score (nSPS) is 15.3. The fraction of sp³-hybridized carbons (Fsp3) is 0.381. The maximum Gasteiger partial charge on any atom is 0.387 e. The van der Waals surface area contributed by atoms with Gasteiger partial charge in [0, 0.05) is 18.8 Å². The number of halogens is 2. The third-order valence-electron chi connectivity index (χ3n) is 4.87. The summed E-state index contributed by atoms with van der Waals surface area (Å²) in [7, 11) is -3.61. The molecule has 0 atom stereocenters. The van der Waals surface area contributed by atoms with Gasteiger partial charge in [-0.1, -0.05) is 31.0 Å². The standard InChI is InChI=1S/C21H25F2N3O4S/c22-21(23)30-19-11-4-3-10-18(19)25-20(27)15-24-16-8-7-9-17(14-16)31(28,29)26-12-5-1-2-6-13-26/h3-4,7-11,14,21,24H,1-2,5-6,12-13,15H2,(H,25,27). The first-order valence-corrected chi connectivity index (χ1v) is 11.5. The van der Waals surface area contributed by atoms with E-state index in [1.54, 1.807) is 18.2 Å². The molecule has 0 aliphatic carbocycles. The van der Waals surface area contributed by atoms with Gasteiger partial charge < -0.3 is 15.4 Å². The minimum absolute atomic E-state index is 0.118. The average molecular weight is 454 g/mol. The molecule has 0 radical (unpaired) electrons.